The van der Waals surface area contributed by atoms with Crippen LogP contribution in [-0.4, -0.2) is 24.4 Å². The second-order valence-corrected chi connectivity index (χ2v) is 4.39. The summed E-state index contributed by atoms with van der Waals surface area (Å²) in [5.74, 6) is 0.961. The van der Waals surface area contributed by atoms with Crippen molar-refractivity contribution in [1.82, 2.24) is 4.98 Å². The Labute approximate surface area is 100 Å². The molecule has 86 valence electrons. The van der Waals surface area contributed by atoms with Crippen LogP contribution < -0.4 is 4.90 Å². The maximum Gasteiger partial charge on any atom is 0.150 e. The van der Waals surface area contributed by atoms with E-state index in [0.717, 1.165) is 41.5 Å². The molecule has 2 aromatic rings. The monoisotopic (exact) mass is 226 g/mol. The maximum absolute atomic E-state index is 11.1. The summed E-state index contributed by atoms with van der Waals surface area (Å²) in [6.07, 6.45) is 5.16. The molecule has 3 nitrogen and oxygen atoms in total. The van der Waals surface area contributed by atoms with Crippen molar-refractivity contribution < 1.29 is 4.79 Å². The molecule has 1 aliphatic heterocycles. The van der Waals surface area contributed by atoms with Crippen LogP contribution >= 0.6 is 0 Å². The minimum absolute atomic E-state index is 0.734. The molecule has 0 radical (unpaired) electrons. The zero-order valence-electron chi connectivity index (χ0n) is 9.60. The molecule has 0 saturated carbocycles. The number of aromatic nitrogens is 1. The van der Waals surface area contributed by atoms with Gasteiger partial charge < -0.3 is 4.90 Å². The first-order valence-corrected chi connectivity index (χ1v) is 5.98. The van der Waals surface area contributed by atoms with E-state index in [2.05, 4.69) is 9.88 Å². The maximum atomic E-state index is 11.1. The smallest absolute Gasteiger partial charge is 0.150 e. The highest BCUT2D eigenvalue weighted by molar-refractivity contribution is 6.04. The first kappa shape index (κ1) is 10.3. The van der Waals surface area contributed by atoms with Crippen LogP contribution in [0.5, 0.6) is 0 Å². The minimum Gasteiger partial charge on any atom is -0.356 e. The zero-order valence-corrected chi connectivity index (χ0v) is 9.60. The van der Waals surface area contributed by atoms with Gasteiger partial charge in [-0.05, 0) is 24.3 Å². The highest BCUT2D eigenvalue weighted by Crippen LogP contribution is 2.29. The summed E-state index contributed by atoms with van der Waals surface area (Å²) in [6.45, 7) is 2.08. The lowest BCUT2D eigenvalue weighted by atomic mass is 10.1. The Balaban J connectivity index is 2.26. The molecule has 1 fully saturated rings. The Hall–Kier alpha value is -1.90. The van der Waals surface area contributed by atoms with Crippen molar-refractivity contribution in [2.75, 3.05) is 18.0 Å². The van der Waals surface area contributed by atoms with Crippen LogP contribution in [-0.2, 0) is 0 Å². The van der Waals surface area contributed by atoms with Crippen LogP contribution in [0.4, 0.5) is 5.82 Å². The topological polar surface area (TPSA) is 33.2 Å². The van der Waals surface area contributed by atoms with Crippen molar-refractivity contribution in [1.29, 1.82) is 0 Å². The Morgan fingerprint density at radius 3 is 2.76 bits per heavy atom. The number of nitrogens with zero attached hydrogens (tertiary/aromatic N) is 2. The lowest BCUT2D eigenvalue weighted by Crippen LogP contribution is -2.19. The molecule has 0 aliphatic carbocycles. The summed E-state index contributed by atoms with van der Waals surface area (Å²) in [6, 6.07) is 7.77. The number of aldehydes is 1. The third kappa shape index (κ3) is 1.68. The van der Waals surface area contributed by atoms with Crippen molar-refractivity contribution in [3.8, 4) is 0 Å². The van der Waals surface area contributed by atoms with E-state index in [-0.39, 0.29) is 0 Å². The van der Waals surface area contributed by atoms with E-state index in [1.807, 2.05) is 30.5 Å². The average Bonchev–Trinajstić information content (AvgIpc) is 2.91. The Bertz CT molecular complexity index is 554. The first-order valence-electron chi connectivity index (χ1n) is 5.98. The van der Waals surface area contributed by atoms with E-state index in [1.165, 1.54) is 12.8 Å². The van der Waals surface area contributed by atoms with Gasteiger partial charge in [0.25, 0.3) is 0 Å². The van der Waals surface area contributed by atoms with Crippen molar-refractivity contribution in [3.63, 3.8) is 0 Å². The second-order valence-electron chi connectivity index (χ2n) is 4.39. The molecule has 1 saturated heterocycles. The predicted molar refractivity (Wildman–Crippen MR) is 68.6 cm³/mol. The second kappa shape index (κ2) is 4.17. The van der Waals surface area contributed by atoms with Gasteiger partial charge in [0.1, 0.15) is 5.82 Å². The number of pyridine rings is 1. The lowest BCUT2D eigenvalue weighted by molar-refractivity contribution is 0.112. The van der Waals surface area contributed by atoms with Crippen LogP contribution in [0.2, 0.25) is 0 Å². The van der Waals surface area contributed by atoms with Crippen molar-refractivity contribution in [2.45, 2.75) is 12.8 Å². The van der Waals surface area contributed by atoms with Crippen molar-refractivity contribution in [2.24, 2.45) is 0 Å². The molecule has 3 heteroatoms. The molecule has 0 atom stereocenters. The largest absolute Gasteiger partial charge is 0.356 e. The number of benzene rings is 1. The number of rotatable bonds is 2. The Morgan fingerprint density at radius 2 is 2.00 bits per heavy atom. The van der Waals surface area contributed by atoms with Crippen LogP contribution in [0.25, 0.3) is 10.8 Å². The lowest BCUT2D eigenvalue weighted by Gasteiger charge is -2.19. The van der Waals surface area contributed by atoms with Gasteiger partial charge in [-0.15, -0.1) is 0 Å². The van der Waals surface area contributed by atoms with Gasteiger partial charge in [0.2, 0.25) is 0 Å². The van der Waals surface area contributed by atoms with E-state index in [1.54, 1.807) is 0 Å². The molecular formula is C14H14N2O. The van der Waals surface area contributed by atoms with E-state index in [9.17, 15) is 4.79 Å². The van der Waals surface area contributed by atoms with Gasteiger partial charge in [-0.1, -0.05) is 18.2 Å². The summed E-state index contributed by atoms with van der Waals surface area (Å²) >= 11 is 0. The summed E-state index contributed by atoms with van der Waals surface area (Å²) in [4.78, 5) is 17.9. The normalized spacial score (nSPS) is 15.4. The number of fused-ring (bicyclic) bond motifs is 1. The van der Waals surface area contributed by atoms with Crippen molar-refractivity contribution >= 4 is 22.9 Å². The van der Waals surface area contributed by atoms with E-state index in [0.29, 0.717) is 0 Å². The number of hydrogen-bond donors (Lipinski definition) is 0. The SMILES string of the molecule is O=Cc1cccc2ccnc(N3CCCC3)c12. The molecule has 2 heterocycles. The summed E-state index contributed by atoms with van der Waals surface area (Å²) in [5.41, 5.74) is 0.734. The fourth-order valence-corrected chi connectivity index (χ4v) is 2.51. The summed E-state index contributed by atoms with van der Waals surface area (Å²) in [5, 5.41) is 2.08. The molecular weight excluding hydrogens is 212 g/mol. The predicted octanol–water partition coefficient (Wildman–Crippen LogP) is 2.65. The Morgan fingerprint density at radius 1 is 1.18 bits per heavy atom. The molecule has 0 N–H and O–H groups in total. The fraction of sp³-hybridized carbons (Fsp3) is 0.286. The molecule has 17 heavy (non-hydrogen) atoms. The van der Waals surface area contributed by atoms with E-state index < -0.39 is 0 Å². The van der Waals surface area contributed by atoms with Gasteiger partial charge in [-0.3, -0.25) is 4.79 Å². The highest BCUT2D eigenvalue weighted by atomic mass is 16.1. The van der Waals surface area contributed by atoms with Crippen LogP contribution in [0.1, 0.15) is 23.2 Å². The number of carbonyl (C=O) groups excluding carboxylic acids is 1. The molecule has 1 aliphatic rings. The molecule has 0 amide bonds. The van der Waals surface area contributed by atoms with Gasteiger partial charge in [-0.25, -0.2) is 4.98 Å². The van der Waals surface area contributed by atoms with Crippen LogP contribution in [0, 0.1) is 0 Å². The van der Waals surface area contributed by atoms with Gasteiger partial charge in [0.15, 0.2) is 6.29 Å². The zero-order chi connectivity index (χ0) is 11.7. The third-order valence-electron chi connectivity index (χ3n) is 3.34. The van der Waals surface area contributed by atoms with Crippen LogP contribution in [0.15, 0.2) is 30.5 Å². The van der Waals surface area contributed by atoms with E-state index in [4.69, 9.17) is 0 Å². The molecule has 0 bridgehead atoms. The molecule has 0 spiro atoms. The average molecular weight is 226 g/mol. The van der Waals surface area contributed by atoms with Gasteiger partial charge in [0, 0.05) is 30.2 Å². The third-order valence-corrected chi connectivity index (χ3v) is 3.34. The van der Waals surface area contributed by atoms with Gasteiger partial charge in [0.05, 0.1) is 0 Å². The number of carbonyl (C=O) groups is 1. The highest BCUT2D eigenvalue weighted by Gasteiger charge is 2.17. The molecule has 0 unspecified atom stereocenters. The quantitative estimate of drug-likeness (QED) is 0.738. The minimum atomic E-state index is 0.734. The number of anilines is 1. The van der Waals surface area contributed by atoms with Crippen molar-refractivity contribution in [3.05, 3.63) is 36.0 Å². The fourth-order valence-electron chi connectivity index (χ4n) is 2.51. The molecule has 1 aromatic carbocycles. The molecule has 1 aromatic heterocycles. The van der Waals surface area contributed by atoms with Gasteiger partial charge >= 0.3 is 0 Å². The van der Waals surface area contributed by atoms with E-state index >= 15 is 0 Å². The first-order chi connectivity index (χ1) is 8.40. The number of hydrogen-bond acceptors (Lipinski definition) is 3. The molecule has 3 rings (SSSR count). The van der Waals surface area contributed by atoms with Crippen LogP contribution in [0.3, 0.4) is 0 Å². The Kier molecular flexibility index (Phi) is 2.52. The summed E-state index contributed by atoms with van der Waals surface area (Å²) < 4.78 is 0. The standard InChI is InChI=1S/C14H14N2O/c17-10-12-5-3-4-11-6-7-15-14(13(11)12)16-8-1-2-9-16/h3-7,10H,1-2,8-9H2. The van der Waals surface area contributed by atoms with Gasteiger partial charge in [-0.2, -0.15) is 0 Å². The summed E-state index contributed by atoms with van der Waals surface area (Å²) in [7, 11) is 0.